The van der Waals surface area contributed by atoms with Crippen LogP contribution in [0.4, 0.5) is 8.78 Å². The SMILES string of the molecule is C[C@H](NC(=O)[C@@H](O)c1cc(F)cc(F)c1)C(=O)N[C@H]1CC[C@@H](c2ccccc2)CN(C)C1=O. The van der Waals surface area contributed by atoms with Crippen molar-refractivity contribution < 1.29 is 28.3 Å². The van der Waals surface area contributed by atoms with Gasteiger partial charge in [-0.1, -0.05) is 30.3 Å². The molecule has 1 heterocycles. The number of benzene rings is 2. The number of likely N-dealkylation sites (tertiary alicyclic amines) is 1. The van der Waals surface area contributed by atoms with Crippen LogP contribution in [0.15, 0.2) is 48.5 Å². The van der Waals surface area contributed by atoms with Crippen LogP contribution in [-0.2, 0) is 14.4 Å². The molecule has 0 unspecified atom stereocenters. The maximum atomic E-state index is 13.4. The minimum atomic E-state index is -1.86. The number of rotatable bonds is 6. The summed E-state index contributed by atoms with van der Waals surface area (Å²) in [5, 5.41) is 15.1. The van der Waals surface area contributed by atoms with Crippen LogP contribution >= 0.6 is 0 Å². The molecule has 3 N–H and O–H groups in total. The lowest BCUT2D eigenvalue weighted by atomic mass is 9.94. The highest BCUT2D eigenvalue weighted by molar-refractivity contribution is 5.92. The highest BCUT2D eigenvalue weighted by Gasteiger charge is 2.32. The van der Waals surface area contributed by atoms with E-state index in [1.165, 1.54) is 6.92 Å². The van der Waals surface area contributed by atoms with Gasteiger partial charge in [-0.15, -0.1) is 0 Å². The smallest absolute Gasteiger partial charge is 0.254 e. The van der Waals surface area contributed by atoms with Crippen molar-refractivity contribution in [1.82, 2.24) is 15.5 Å². The fourth-order valence-electron chi connectivity index (χ4n) is 3.94. The number of nitrogens with one attached hydrogen (secondary N) is 2. The monoisotopic (exact) mass is 459 g/mol. The van der Waals surface area contributed by atoms with Crippen LogP contribution in [0, 0.1) is 11.6 Å². The van der Waals surface area contributed by atoms with E-state index in [0.29, 0.717) is 25.5 Å². The van der Waals surface area contributed by atoms with Crippen LogP contribution < -0.4 is 10.6 Å². The van der Waals surface area contributed by atoms with E-state index >= 15 is 0 Å². The van der Waals surface area contributed by atoms with Crippen molar-refractivity contribution in [3.8, 4) is 0 Å². The Bertz CT molecular complexity index is 998. The third-order valence-electron chi connectivity index (χ3n) is 5.76. The zero-order valence-electron chi connectivity index (χ0n) is 18.4. The first-order valence-electron chi connectivity index (χ1n) is 10.7. The summed E-state index contributed by atoms with van der Waals surface area (Å²) in [4.78, 5) is 39.3. The molecule has 0 radical (unpaired) electrons. The van der Waals surface area contributed by atoms with E-state index in [1.54, 1.807) is 11.9 Å². The molecule has 0 saturated carbocycles. The van der Waals surface area contributed by atoms with Crippen molar-refractivity contribution in [2.24, 2.45) is 0 Å². The molecule has 9 heteroatoms. The standard InChI is InChI=1S/C24H27F2N3O4/c1-14(27-23(32)21(30)17-10-18(25)12-19(26)11-17)22(31)28-20-9-8-16(13-29(2)24(20)33)15-6-4-3-5-7-15/h3-7,10-12,14,16,20-21,30H,8-9,13H2,1-2H3,(H,27,32)(H,28,31)/t14-,16+,20-,21-/m0/s1. The van der Waals surface area contributed by atoms with Gasteiger partial charge >= 0.3 is 0 Å². The summed E-state index contributed by atoms with van der Waals surface area (Å²) in [7, 11) is 1.68. The lowest BCUT2D eigenvalue weighted by Gasteiger charge is -2.24. The molecule has 2 aromatic carbocycles. The first kappa shape index (κ1) is 24.3. The molecule has 0 aliphatic carbocycles. The number of hydrogen-bond acceptors (Lipinski definition) is 4. The number of nitrogens with zero attached hydrogens (tertiary/aromatic N) is 1. The number of halogens is 2. The summed E-state index contributed by atoms with van der Waals surface area (Å²) >= 11 is 0. The van der Waals surface area contributed by atoms with Crippen LogP contribution in [0.25, 0.3) is 0 Å². The van der Waals surface area contributed by atoms with Gasteiger partial charge in [0, 0.05) is 25.6 Å². The minimum absolute atomic E-state index is 0.140. The van der Waals surface area contributed by atoms with Gasteiger partial charge in [0.05, 0.1) is 0 Å². The molecule has 3 rings (SSSR count). The van der Waals surface area contributed by atoms with Crippen molar-refractivity contribution in [2.75, 3.05) is 13.6 Å². The van der Waals surface area contributed by atoms with E-state index in [1.807, 2.05) is 30.3 Å². The number of carbonyl (C=O) groups excluding carboxylic acids is 3. The van der Waals surface area contributed by atoms with E-state index < -0.39 is 41.6 Å². The minimum Gasteiger partial charge on any atom is -0.378 e. The number of aliphatic hydroxyl groups is 1. The molecule has 33 heavy (non-hydrogen) atoms. The number of likely N-dealkylation sites (N-methyl/N-ethyl adjacent to an activating group) is 1. The topological polar surface area (TPSA) is 98.7 Å². The number of aliphatic hydroxyl groups excluding tert-OH is 1. The molecule has 7 nitrogen and oxygen atoms in total. The summed E-state index contributed by atoms with van der Waals surface area (Å²) in [6.45, 7) is 1.92. The Hall–Kier alpha value is -3.33. The molecule has 3 amide bonds. The van der Waals surface area contributed by atoms with E-state index in [2.05, 4.69) is 10.6 Å². The first-order valence-corrected chi connectivity index (χ1v) is 10.7. The van der Waals surface area contributed by atoms with Gasteiger partial charge in [-0.25, -0.2) is 8.78 Å². The van der Waals surface area contributed by atoms with Gasteiger partial charge in [-0.2, -0.15) is 0 Å². The molecule has 2 aromatic rings. The molecule has 1 aliphatic rings. The molecule has 176 valence electrons. The Morgan fingerprint density at radius 1 is 1.06 bits per heavy atom. The van der Waals surface area contributed by atoms with Gasteiger partial charge in [-0.05, 0) is 43.0 Å². The van der Waals surface area contributed by atoms with Gasteiger partial charge < -0.3 is 20.6 Å². The summed E-state index contributed by atoms with van der Waals surface area (Å²) in [6.07, 6.45) is -0.738. The second kappa shape index (κ2) is 10.5. The summed E-state index contributed by atoms with van der Waals surface area (Å²) in [5.41, 5.74) is 0.845. The largest absolute Gasteiger partial charge is 0.378 e. The predicted octanol–water partition coefficient (Wildman–Crippen LogP) is 2.02. The summed E-state index contributed by atoms with van der Waals surface area (Å²) < 4.78 is 26.7. The highest BCUT2D eigenvalue weighted by Crippen LogP contribution is 2.26. The van der Waals surface area contributed by atoms with Crippen molar-refractivity contribution in [2.45, 2.75) is 43.9 Å². The normalized spacial score (nSPS) is 20.5. The van der Waals surface area contributed by atoms with E-state index in [-0.39, 0.29) is 17.4 Å². The van der Waals surface area contributed by atoms with Crippen molar-refractivity contribution >= 4 is 17.7 Å². The zero-order chi connectivity index (χ0) is 24.1. The fourth-order valence-corrected chi connectivity index (χ4v) is 3.94. The second-order valence-electron chi connectivity index (χ2n) is 8.30. The zero-order valence-corrected chi connectivity index (χ0v) is 18.4. The molecule has 4 atom stereocenters. The van der Waals surface area contributed by atoms with Crippen molar-refractivity contribution in [3.63, 3.8) is 0 Å². The van der Waals surface area contributed by atoms with E-state index in [4.69, 9.17) is 0 Å². The molecule has 0 bridgehead atoms. The van der Waals surface area contributed by atoms with Crippen molar-refractivity contribution in [1.29, 1.82) is 0 Å². The highest BCUT2D eigenvalue weighted by atomic mass is 19.1. The molecular formula is C24H27F2N3O4. The predicted molar refractivity (Wildman–Crippen MR) is 117 cm³/mol. The van der Waals surface area contributed by atoms with Gasteiger partial charge in [0.2, 0.25) is 11.8 Å². The van der Waals surface area contributed by atoms with Crippen LogP contribution in [0.2, 0.25) is 0 Å². The molecule has 1 aliphatic heterocycles. The maximum Gasteiger partial charge on any atom is 0.254 e. The number of hydrogen-bond donors (Lipinski definition) is 3. The molecule has 0 aromatic heterocycles. The molecule has 0 spiro atoms. The van der Waals surface area contributed by atoms with Crippen LogP contribution in [0.5, 0.6) is 0 Å². The fraction of sp³-hybridized carbons (Fsp3) is 0.375. The third-order valence-corrected chi connectivity index (χ3v) is 5.76. The summed E-state index contributed by atoms with van der Waals surface area (Å²) in [5.74, 6) is -3.56. The molecular weight excluding hydrogens is 432 g/mol. The number of amides is 3. The Balaban J connectivity index is 1.60. The van der Waals surface area contributed by atoms with Crippen molar-refractivity contribution in [3.05, 3.63) is 71.3 Å². The lowest BCUT2D eigenvalue weighted by Crippen LogP contribution is -2.53. The van der Waals surface area contributed by atoms with Gasteiger partial charge in [0.15, 0.2) is 6.10 Å². The Morgan fingerprint density at radius 3 is 2.33 bits per heavy atom. The van der Waals surface area contributed by atoms with Crippen LogP contribution in [0.3, 0.4) is 0 Å². The Labute approximate surface area is 190 Å². The Kier molecular flexibility index (Phi) is 7.75. The first-order chi connectivity index (χ1) is 15.7. The lowest BCUT2D eigenvalue weighted by molar-refractivity contribution is -0.137. The van der Waals surface area contributed by atoms with Gasteiger partial charge in [0.25, 0.3) is 5.91 Å². The molecule has 1 saturated heterocycles. The number of carbonyl (C=O) groups is 3. The summed E-state index contributed by atoms with van der Waals surface area (Å²) in [6, 6.07) is 10.3. The van der Waals surface area contributed by atoms with Gasteiger partial charge in [-0.3, -0.25) is 14.4 Å². The molecule has 1 fully saturated rings. The van der Waals surface area contributed by atoms with E-state index in [9.17, 15) is 28.3 Å². The second-order valence-corrected chi connectivity index (χ2v) is 8.30. The Morgan fingerprint density at radius 2 is 1.70 bits per heavy atom. The van der Waals surface area contributed by atoms with Crippen LogP contribution in [-0.4, -0.2) is 53.4 Å². The van der Waals surface area contributed by atoms with E-state index in [0.717, 1.165) is 17.7 Å². The maximum absolute atomic E-state index is 13.4. The average molecular weight is 459 g/mol. The average Bonchev–Trinajstić information content (AvgIpc) is 2.92. The quantitative estimate of drug-likeness (QED) is 0.616. The van der Waals surface area contributed by atoms with Gasteiger partial charge in [0.1, 0.15) is 23.7 Å². The van der Waals surface area contributed by atoms with Crippen LogP contribution in [0.1, 0.15) is 42.9 Å². The third kappa shape index (κ3) is 6.13.